The Morgan fingerprint density at radius 3 is 0.800 bits per heavy atom. The largest absolute Gasteiger partial charge is 0.456 e. The van der Waals surface area contributed by atoms with Crippen molar-refractivity contribution >= 4 is 16.6 Å². The van der Waals surface area contributed by atoms with Crippen LogP contribution in [0.1, 0.15) is 38.5 Å². The monoisotopic (exact) mass is 246 g/mol. The van der Waals surface area contributed by atoms with Crippen molar-refractivity contribution in [1.29, 1.82) is 0 Å². The minimum Gasteiger partial charge on any atom is -0.456 e. The van der Waals surface area contributed by atoms with Gasteiger partial charge in [0.25, 0.3) is 0 Å². The molecule has 1 nitrogen and oxygen atoms in total. The van der Waals surface area contributed by atoms with Gasteiger partial charge in [0.05, 0.1) is 0 Å². The van der Waals surface area contributed by atoms with Crippen molar-refractivity contribution in [3.63, 3.8) is 0 Å². The predicted octanol–water partition coefficient (Wildman–Crippen LogP) is 5.01. The summed E-state index contributed by atoms with van der Waals surface area (Å²) in [6, 6.07) is 0. The molecule has 1 fully saturated rings. The Morgan fingerprint density at radius 1 is 0.533 bits per heavy atom. The summed E-state index contributed by atoms with van der Waals surface area (Å²) in [7, 11) is -2.46. The fraction of sp³-hybridized carbons (Fsp3) is 1.00. The molecule has 0 aromatic carbocycles. The average Bonchev–Trinajstić information content (AvgIpc) is 2.01. The molecule has 3 heteroatoms. The van der Waals surface area contributed by atoms with Crippen molar-refractivity contribution in [2.45, 2.75) is 77.8 Å². The Kier molecular flexibility index (Phi) is 7.05. The van der Waals surface area contributed by atoms with Crippen LogP contribution in [0.4, 0.5) is 0 Å². The molecule has 0 unspecified atom stereocenters. The van der Waals surface area contributed by atoms with Crippen LogP contribution in [-0.2, 0) is 4.12 Å². The van der Waals surface area contributed by atoms with Gasteiger partial charge in [-0.1, -0.05) is 38.5 Å². The van der Waals surface area contributed by atoms with E-state index in [-0.39, 0.29) is 0 Å². The van der Waals surface area contributed by atoms with Crippen molar-refractivity contribution < 1.29 is 4.12 Å². The molecule has 0 bridgehead atoms. The van der Waals surface area contributed by atoms with Gasteiger partial charge < -0.3 is 4.12 Å². The normalized spacial score (nSPS) is 18.0. The fourth-order valence-electron chi connectivity index (χ4n) is 1.98. The maximum atomic E-state index is 5.90. The van der Waals surface area contributed by atoms with Crippen molar-refractivity contribution in [2.24, 2.45) is 0 Å². The third-order valence-electron chi connectivity index (χ3n) is 2.11. The van der Waals surface area contributed by atoms with E-state index >= 15 is 0 Å². The van der Waals surface area contributed by atoms with E-state index < -0.39 is 16.6 Å². The highest BCUT2D eigenvalue weighted by molar-refractivity contribution is 6.83. The zero-order valence-corrected chi connectivity index (χ0v) is 13.7. The lowest BCUT2D eigenvalue weighted by atomic mass is 10.0. The van der Waals surface area contributed by atoms with Crippen molar-refractivity contribution in [3.05, 3.63) is 0 Å². The molecule has 1 rings (SSSR count). The summed E-state index contributed by atoms with van der Waals surface area (Å²) in [5.41, 5.74) is 0. The van der Waals surface area contributed by atoms with Crippen molar-refractivity contribution in [2.75, 3.05) is 0 Å². The zero-order valence-electron chi connectivity index (χ0n) is 11.7. The first-order valence-corrected chi connectivity index (χ1v) is 13.2. The number of hydrogen-bond acceptors (Lipinski definition) is 1. The lowest BCUT2D eigenvalue weighted by Gasteiger charge is -2.27. The third kappa shape index (κ3) is 14.4. The maximum Gasteiger partial charge on any atom is 0.170 e. The van der Waals surface area contributed by atoms with Gasteiger partial charge in [-0.25, -0.2) is 0 Å². The summed E-state index contributed by atoms with van der Waals surface area (Å²) >= 11 is 0. The molecule has 1 saturated carbocycles. The zero-order chi connectivity index (χ0) is 11.9. The third-order valence-corrected chi connectivity index (χ3v) is 7.01. The molecule has 0 saturated heterocycles. The lowest BCUT2D eigenvalue weighted by molar-refractivity contribution is 0.504. The second-order valence-corrected chi connectivity index (χ2v) is 15.7. The first kappa shape index (κ1) is 15.4. The van der Waals surface area contributed by atoms with Crippen LogP contribution in [0, 0.1) is 0 Å². The lowest BCUT2D eigenvalue weighted by Crippen LogP contribution is -2.39. The van der Waals surface area contributed by atoms with Crippen LogP contribution in [-0.4, -0.2) is 16.6 Å². The highest BCUT2D eigenvalue weighted by atomic mass is 28.4. The van der Waals surface area contributed by atoms with Crippen LogP contribution >= 0.6 is 0 Å². The predicted molar refractivity (Wildman–Crippen MR) is 75.5 cm³/mol. The van der Waals surface area contributed by atoms with Crippen LogP contribution in [0.15, 0.2) is 0 Å². The molecular formula is C12H30OSi2. The van der Waals surface area contributed by atoms with E-state index in [1.165, 1.54) is 38.5 Å². The van der Waals surface area contributed by atoms with Crippen molar-refractivity contribution in [1.82, 2.24) is 0 Å². The van der Waals surface area contributed by atoms with Crippen LogP contribution in [0.2, 0.25) is 39.3 Å². The second kappa shape index (κ2) is 6.87. The molecule has 92 valence electrons. The summed E-state index contributed by atoms with van der Waals surface area (Å²) in [4.78, 5) is 0. The van der Waals surface area contributed by atoms with Crippen LogP contribution in [0.3, 0.4) is 0 Å². The summed E-state index contributed by atoms with van der Waals surface area (Å²) in [5, 5.41) is 0. The topological polar surface area (TPSA) is 9.23 Å². The molecule has 1 aliphatic carbocycles. The Morgan fingerprint density at radius 2 is 0.733 bits per heavy atom. The van der Waals surface area contributed by atoms with E-state index in [4.69, 9.17) is 4.12 Å². The Labute approximate surface area is 98.9 Å². The first-order chi connectivity index (χ1) is 6.71. The molecule has 0 amide bonds. The SMILES string of the molecule is C1CCCCC1.C[Si](C)(C)O[Si](C)(C)C. The highest BCUT2D eigenvalue weighted by Gasteiger charge is 2.24. The molecule has 0 heterocycles. The van der Waals surface area contributed by atoms with Crippen LogP contribution in [0.25, 0.3) is 0 Å². The Bertz CT molecular complexity index is 128. The van der Waals surface area contributed by atoms with Gasteiger partial charge in [0.2, 0.25) is 0 Å². The van der Waals surface area contributed by atoms with Crippen molar-refractivity contribution in [3.8, 4) is 0 Å². The average molecular weight is 247 g/mol. The minimum absolute atomic E-state index is 1.23. The van der Waals surface area contributed by atoms with Gasteiger partial charge in [0.1, 0.15) is 0 Å². The molecule has 0 atom stereocenters. The molecule has 0 spiro atoms. The molecule has 0 N–H and O–H groups in total. The number of hydrogen-bond donors (Lipinski definition) is 0. The first-order valence-electron chi connectivity index (χ1n) is 6.41. The van der Waals surface area contributed by atoms with Crippen LogP contribution < -0.4 is 0 Å². The molecular weight excluding hydrogens is 216 g/mol. The fourth-order valence-corrected chi connectivity index (χ4v) is 9.33. The van der Waals surface area contributed by atoms with E-state index in [0.29, 0.717) is 0 Å². The van der Waals surface area contributed by atoms with Gasteiger partial charge in [-0.05, 0) is 39.3 Å². The van der Waals surface area contributed by atoms with Gasteiger partial charge in [-0.15, -0.1) is 0 Å². The van der Waals surface area contributed by atoms with Gasteiger partial charge in [0.15, 0.2) is 16.6 Å². The van der Waals surface area contributed by atoms with E-state index in [9.17, 15) is 0 Å². The quantitative estimate of drug-likeness (QED) is 0.622. The van der Waals surface area contributed by atoms with E-state index in [1.807, 2.05) is 0 Å². The summed E-state index contributed by atoms with van der Waals surface area (Å²) in [5.74, 6) is 0. The Hall–Kier alpha value is 0.394. The van der Waals surface area contributed by atoms with E-state index in [1.54, 1.807) is 0 Å². The smallest absolute Gasteiger partial charge is 0.170 e. The van der Waals surface area contributed by atoms with Gasteiger partial charge >= 0.3 is 0 Å². The van der Waals surface area contributed by atoms with E-state index in [2.05, 4.69) is 39.3 Å². The number of rotatable bonds is 2. The minimum atomic E-state index is -1.23. The Balaban J connectivity index is 0.000000280. The molecule has 0 aromatic rings. The standard InChI is InChI=1S/C6H18OSi2.C6H12/c1-8(2,3)7-9(4,5)6;1-2-4-6-5-3-1/h1-6H3;1-6H2. The molecule has 1 aliphatic rings. The highest BCUT2D eigenvalue weighted by Crippen LogP contribution is 2.15. The van der Waals surface area contributed by atoms with Crippen LogP contribution in [0.5, 0.6) is 0 Å². The second-order valence-electron chi connectivity index (χ2n) is 6.45. The van der Waals surface area contributed by atoms with Gasteiger partial charge in [-0.2, -0.15) is 0 Å². The summed E-state index contributed by atoms with van der Waals surface area (Å²) in [6.07, 6.45) is 9.00. The van der Waals surface area contributed by atoms with Gasteiger partial charge in [-0.3, -0.25) is 0 Å². The van der Waals surface area contributed by atoms with E-state index in [0.717, 1.165) is 0 Å². The van der Waals surface area contributed by atoms with Gasteiger partial charge in [0, 0.05) is 0 Å². The molecule has 0 radical (unpaired) electrons. The summed E-state index contributed by atoms with van der Waals surface area (Å²) in [6.45, 7) is 13.4. The summed E-state index contributed by atoms with van der Waals surface area (Å²) < 4.78 is 5.90. The molecule has 0 aliphatic heterocycles. The maximum absolute atomic E-state index is 5.90. The molecule has 0 aromatic heterocycles. The molecule has 15 heavy (non-hydrogen) atoms.